The van der Waals surface area contributed by atoms with Crippen molar-refractivity contribution in [2.75, 3.05) is 10.0 Å². The lowest BCUT2D eigenvalue weighted by Gasteiger charge is -2.13. The zero-order chi connectivity index (χ0) is 25.3. The van der Waals surface area contributed by atoms with Gasteiger partial charge in [0, 0.05) is 12.6 Å². The molecule has 35 heavy (non-hydrogen) atoms. The normalized spacial score (nSPS) is 11.3. The number of aromatic nitrogens is 2. The van der Waals surface area contributed by atoms with Crippen molar-refractivity contribution in [1.29, 1.82) is 0 Å². The third kappa shape index (κ3) is 4.63. The Morgan fingerprint density at radius 2 is 1.51 bits per heavy atom. The Balaban J connectivity index is 1.67. The van der Waals surface area contributed by atoms with Gasteiger partial charge in [0.15, 0.2) is 0 Å². The van der Waals surface area contributed by atoms with E-state index in [0.717, 1.165) is 5.56 Å². The molecule has 4 aromatic rings. The molecule has 2 N–H and O–H groups in total. The van der Waals surface area contributed by atoms with Gasteiger partial charge in [-0.05, 0) is 62.2 Å². The monoisotopic (exact) mass is 490 g/mol. The Morgan fingerprint density at radius 1 is 0.857 bits per heavy atom. The lowest BCUT2D eigenvalue weighted by atomic mass is 10.1. The second-order valence-corrected chi connectivity index (χ2v) is 9.94. The van der Waals surface area contributed by atoms with Crippen LogP contribution in [0.1, 0.15) is 27.2 Å². The average Bonchev–Trinajstić information content (AvgIpc) is 3.04. The lowest BCUT2D eigenvalue weighted by Crippen LogP contribution is -2.23. The number of aryl methyl sites for hydroxylation is 2. The van der Waals surface area contributed by atoms with E-state index in [0.29, 0.717) is 22.6 Å². The molecule has 1 amide bonds. The van der Waals surface area contributed by atoms with Gasteiger partial charge >= 0.3 is 0 Å². The van der Waals surface area contributed by atoms with E-state index >= 15 is 0 Å². The van der Waals surface area contributed by atoms with Crippen molar-refractivity contribution in [1.82, 2.24) is 9.36 Å². The Labute approximate surface area is 203 Å². The molecule has 3 aromatic carbocycles. The molecule has 0 spiro atoms. The summed E-state index contributed by atoms with van der Waals surface area (Å²) in [5.74, 6) is -0.580. The van der Waals surface area contributed by atoms with Gasteiger partial charge in [-0.15, -0.1) is 0 Å². The number of benzene rings is 3. The fraction of sp³-hybridized carbons (Fsp3) is 0.154. The van der Waals surface area contributed by atoms with Gasteiger partial charge in [0.2, 0.25) is 0 Å². The van der Waals surface area contributed by atoms with E-state index in [-0.39, 0.29) is 21.7 Å². The molecule has 0 bridgehead atoms. The minimum absolute atomic E-state index is 0.0140. The summed E-state index contributed by atoms with van der Waals surface area (Å²) >= 11 is 0. The number of sulfonamides is 1. The zero-order valence-corrected chi connectivity index (χ0v) is 20.7. The van der Waals surface area contributed by atoms with Gasteiger partial charge in [-0.2, -0.15) is 0 Å². The van der Waals surface area contributed by atoms with Crippen molar-refractivity contribution in [3.63, 3.8) is 0 Å². The van der Waals surface area contributed by atoms with Gasteiger partial charge in [0.05, 0.1) is 22.0 Å². The SMILES string of the molecule is Cc1ccccc1NS(=O)(=O)c1cc(C(=O)Nc2c(C)n(C)n(-c3ccccc3)c2=O)ccc1C. The molecule has 0 atom stereocenters. The van der Waals surface area contributed by atoms with E-state index in [4.69, 9.17) is 0 Å². The van der Waals surface area contributed by atoms with Crippen LogP contribution in [0.4, 0.5) is 11.4 Å². The van der Waals surface area contributed by atoms with Crippen LogP contribution in [0.2, 0.25) is 0 Å². The zero-order valence-electron chi connectivity index (χ0n) is 19.9. The molecule has 1 heterocycles. The standard InChI is InChI=1S/C26H26N4O4S/c1-17-10-8-9-13-22(17)28-35(33,34)23-16-20(15-14-18(23)2)25(31)27-24-19(3)29(4)30(26(24)32)21-11-6-5-7-12-21/h5-16,28H,1-4H3,(H,27,31). The highest BCUT2D eigenvalue weighted by Gasteiger charge is 2.22. The van der Waals surface area contributed by atoms with Crippen molar-refractivity contribution in [3.05, 3.63) is 106 Å². The molecule has 8 nitrogen and oxygen atoms in total. The summed E-state index contributed by atoms with van der Waals surface area (Å²) in [5.41, 5.74) is 2.82. The van der Waals surface area contributed by atoms with E-state index in [9.17, 15) is 18.0 Å². The maximum atomic E-state index is 13.1. The van der Waals surface area contributed by atoms with E-state index in [2.05, 4.69) is 10.0 Å². The van der Waals surface area contributed by atoms with E-state index in [1.807, 2.05) is 24.3 Å². The summed E-state index contributed by atoms with van der Waals surface area (Å²) in [6, 6.07) is 20.6. The van der Waals surface area contributed by atoms with Crippen LogP contribution in [-0.4, -0.2) is 23.7 Å². The first kappa shape index (κ1) is 24.0. The van der Waals surface area contributed by atoms with Crippen LogP contribution in [0.25, 0.3) is 5.69 Å². The molecule has 0 aliphatic heterocycles. The Kier molecular flexibility index (Phi) is 6.36. The molecule has 1 aromatic heterocycles. The Hall–Kier alpha value is -4.11. The highest BCUT2D eigenvalue weighted by atomic mass is 32.2. The number of nitrogens with zero attached hydrogens (tertiary/aromatic N) is 2. The number of carbonyl (C=O) groups excluding carboxylic acids is 1. The van der Waals surface area contributed by atoms with Crippen LogP contribution in [-0.2, 0) is 17.1 Å². The third-order valence-corrected chi connectivity index (χ3v) is 7.43. The topological polar surface area (TPSA) is 102 Å². The molecule has 180 valence electrons. The van der Waals surface area contributed by atoms with Gasteiger partial charge in [0.1, 0.15) is 5.69 Å². The minimum Gasteiger partial charge on any atom is -0.316 e. The summed E-state index contributed by atoms with van der Waals surface area (Å²) < 4.78 is 32.0. The number of amides is 1. The highest BCUT2D eigenvalue weighted by molar-refractivity contribution is 7.92. The van der Waals surface area contributed by atoms with E-state index in [1.165, 1.54) is 16.8 Å². The van der Waals surface area contributed by atoms with Crippen LogP contribution < -0.4 is 15.6 Å². The van der Waals surface area contributed by atoms with Gasteiger partial charge in [-0.25, -0.2) is 13.1 Å². The lowest BCUT2D eigenvalue weighted by molar-refractivity contribution is 0.102. The fourth-order valence-electron chi connectivity index (χ4n) is 3.82. The second-order valence-electron chi connectivity index (χ2n) is 8.29. The number of rotatable bonds is 6. The average molecular weight is 491 g/mol. The summed E-state index contributed by atoms with van der Waals surface area (Å²) in [5, 5.41) is 2.67. The highest BCUT2D eigenvalue weighted by Crippen LogP contribution is 2.23. The van der Waals surface area contributed by atoms with E-state index < -0.39 is 15.9 Å². The van der Waals surface area contributed by atoms with Crippen LogP contribution in [0, 0.1) is 20.8 Å². The number of hydrogen-bond donors (Lipinski definition) is 2. The van der Waals surface area contributed by atoms with Crippen LogP contribution in [0.5, 0.6) is 0 Å². The molecule has 0 aliphatic carbocycles. The third-order valence-electron chi connectivity index (χ3n) is 5.92. The van der Waals surface area contributed by atoms with Crippen LogP contribution >= 0.6 is 0 Å². The molecule has 0 unspecified atom stereocenters. The van der Waals surface area contributed by atoms with Crippen LogP contribution in [0.3, 0.4) is 0 Å². The van der Waals surface area contributed by atoms with E-state index in [1.54, 1.807) is 68.9 Å². The molecule has 0 saturated carbocycles. The minimum atomic E-state index is -3.95. The first-order valence-electron chi connectivity index (χ1n) is 10.9. The largest absolute Gasteiger partial charge is 0.316 e. The molecule has 0 aliphatic rings. The predicted octanol–water partition coefficient (Wildman–Crippen LogP) is 4.15. The number of carbonyl (C=O) groups is 1. The molecule has 0 radical (unpaired) electrons. The quantitative estimate of drug-likeness (QED) is 0.424. The second kappa shape index (κ2) is 9.27. The van der Waals surface area contributed by atoms with Gasteiger partial charge in [-0.1, -0.05) is 42.5 Å². The van der Waals surface area contributed by atoms with Crippen molar-refractivity contribution in [3.8, 4) is 5.69 Å². The first-order chi connectivity index (χ1) is 16.6. The maximum Gasteiger partial charge on any atom is 0.295 e. The predicted molar refractivity (Wildman–Crippen MR) is 137 cm³/mol. The molecule has 0 saturated heterocycles. The maximum absolute atomic E-state index is 13.1. The number of anilines is 2. The smallest absolute Gasteiger partial charge is 0.295 e. The van der Waals surface area contributed by atoms with Gasteiger partial charge in [-0.3, -0.25) is 19.0 Å². The Bertz CT molecular complexity index is 1590. The Morgan fingerprint density at radius 3 is 2.20 bits per heavy atom. The summed E-state index contributed by atoms with van der Waals surface area (Å²) in [7, 11) is -2.22. The molecule has 4 rings (SSSR count). The number of nitrogens with one attached hydrogen (secondary N) is 2. The molecule has 0 fully saturated rings. The van der Waals surface area contributed by atoms with Crippen molar-refractivity contribution < 1.29 is 13.2 Å². The number of hydrogen-bond acceptors (Lipinski definition) is 4. The summed E-state index contributed by atoms with van der Waals surface area (Å²) in [4.78, 5) is 26.2. The molecular weight excluding hydrogens is 464 g/mol. The van der Waals surface area contributed by atoms with Crippen molar-refractivity contribution >= 4 is 27.3 Å². The van der Waals surface area contributed by atoms with Crippen LogP contribution in [0.15, 0.2) is 82.5 Å². The fourth-order valence-corrected chi connectivity index (χ4v) is 5.22. The van der Waals surface area contributed by atoms with Gasteiger partial charge < -0.3 is 5.32 Å². The van der Waals surface area contributed by atoms with Crippen molar-refractivity contribution in [2.45, 2.75) is 25.7 Å². The summed E-state index contributed by atoms with van der Waals surface area (Å²) in [6.45, 7) is 5.20. The van der Waals surface area contributed by atoms with Gasteiger partial charge in [0.25, 0.3) is 21.5 Å². The van der Waals surface area contributed by atoms with Crippen molar-refractivity contribution in [2.24, 2.45) is 7.05 Å². The summed E-state index contributed by atoms with van der Waals surface area (Å²) in [6.07, 6.45) is 0. The molecule has 9 heteroatoms. The first-order valence-corrected chi connectivity index (χ1v) is 12.4. The molecular formula is C26H26N4O4S. The number of para-hydroxylation sites is 2.